The van der Waals surface area contributed by atoms with Gasteiger partial charge in [0.15, 0.2) is 5.96 Å². The first-order valence-electron chi connectivity index (χ1n) is 7.93. The van der Waals surface area contributed by atoms with E-state index in [1.54, 1.807) is 0 Å². The van der Waals surface area contributed by atoms with Crippen LogP contribution in [0, 0.1) is 0 Å². The summed E-state index contributed by atoms with van der Waals surface area (Å²) in [5.41, 5.74) is 1.19. The minimum atomic E-state index is -3.49. The molecule has 1 saturated heterocycles. The number of nitrogens with one attached hydrogen (secondary N) is 2. The number of rotatable bonds is 6. The Balaban J connectivity index is 1.91. The van der Waals surface area contributed by atoms with Crippen molar-refractivity contribution in [2.75, 3.05) is 36.8 Å². The lowest BCUT2D eigenvalue weighted by Gasteiger charge is -2.20. The van der Waals surface area contributed by atoms with Gasteiger partial charge in [-0.3, -0.25) is 4.99 Å². The van der Waals surface area contributed by atoms with Crippen LogP contribution in [0.5, 0.6) is 0 Å². The number of sulfonamides is 1. The predicted molar refractivity (Wildman–Crippen MR) is 102 cm³/mol. The average molecular weight is 418 g/mol. The number of aliphatic imine (C=N–C) groups is 1. The maximum atomic E-state index is 11.0. The fourth-order valence-corrected chi connectivity index (χ4v) is 3.17. The number of hydrogen-bond acceptors (Lipinski definition) is 4. The van der Waals surface area contributed by atoms with Crippen LogP contribution in [-0.2, 0) is 10.0 Å². The Kier molecular flexibility index (Phi) is 6.88. The second-order valence-electron chi connectivity index (χ2n) is 5.68. The topological polar surface area (TPSA) is 99.8 Å². The lowest BCUT2D eigenvalue weighted by atomic mass is 10.3. The first-order chi connectivity index (χ1) is 11.4. The number of primary sulfonamides is 1. The van der Waals surface area contributed by atoms with Crippen molar-refractivity contribution in [1.29, 1.82) is 0 Å². The summed E-state index contributed by atoms with van der Waals surface area (Å²) in [5, 5.41) is 11.5. The molecule has 134 valence electrons. The van der Waals surface area contributed by atoms with Gasteiger partial charge in [0, 0.05) is 35.8 Å². The summed E-state index contributed by atoms with van der Waals surface area (Å²) >= 11 is 3.45. The molecule has 7 nitrogen and oxygen atoms in total. The minimum Gasteiger partial charge on any atom is -0.369 e. The highest BCUT2D eigenvalue weighted by molar-refractivity contribution is 9.10. The molecule has 1 aromatic rings. The quantitative estimate of drug-likeness (QED) is 0.470. The second kappa shape index (κ2) is 8.68. The Morgan fingerprint density at radius 1 is 1.42 bits per heavy atom. The Morgan fingerprint density at radius 2 is 2.12 bits per heavy atom. The van der Waals surface area contributed by atoms with Gasteiger partial charge in [-0.1, -0.05) is 15.9 Å². The fourth-order valence-electron chi connectivity index (χ4n) is 2.56. The van der Waals surface area contributed by atoms with Gasteiger partial charge in [-0.25, -0.2) is 13.6 Å². The molecule has 0 bridgehead atoms. The number of benzene rings is 1. The fraction of sp³-hybridized carbons (Fsp3) is 0.533. The molecule has 1 aromatic carbocycles. The first kappa shape index (κ1) is 19.0. The number of hydrogen-bond donors (Lipinski definition) is 3. The summed E-state index contributed by atoms with van der Waals surface area (Å²) < 4.78 is 23.1. The van der Waals surface area contributed by atoms with Crippen molar-refractivity contribution in [1.82, 2.24) is 10.6 Å². The van der Waals surface area contributed by atoms with E-state index in [4.69, 9.17) is 5.14 Å². The Bertz CT molecular complexity index is 663. The third-order valence-corrected chi connectivity index (χ3v) is 4.99. The zero-order valence-electron chi connectivity index (χ0n) is 13.7. The molecule has 0 aromatic heterocycles. The zero-order valence-corrected chi connectivity index (χ0v) is 16.1. The van der Waals surface area contributed by atoms with E-state index in [2.05, 4.69) is 48.6 Å². The van der Waals surface area contributed by atoms with Crippen LogP contribution >= 0.6 is 15.9 Å². The highest BCUT2D eigenvalue weighted by Crippen LogP contribution is 2.22. The van der Waals surface area contributed by atoms with Gasteiger partial charge in [-0.15, -0.1) is 0 Å². The number of nitrogens with zero attached hydrogens (tertiary/aromatic N) is 2. The van der Waals surface area contributed by atoms with E-state index in [9.17, 15) is 8.42 Å². The summed E-state index contributed by atoms with van der Waals surface area (Å²) in [5.74, 6) is 0.475. The van der Waals surface area contributed by atoms with E-state index < -0.39 is 10.0 Å². The van der Waals surface area contributed by atoms with E-state index in [-0.39, 0.29) is 18.3 Å². The molecule has 1 fully saturated rings. The zero-order chi connectivity index (χ0) is 17.6. The number of anilines is 1. The molecular weight excluding hydrogens is 394 g/mol. The summed E-state index contributed by atoms with van der Waals surface area (Å²) in [6.07, 6.45) is 0.996. The van der Waals surface area contributed by atoms with Crippen LogP contribution in [0.3, 0.4) is 0 Å². The van der Waals surface area contributed by atoms with Crippen molar-refractivity contribution < 1.29 is 8.42 Å². The van der Waals surface area contributed by atoms with Gasteiger partial charge in [0.25, 0.3) is 0 Å². The SMILES string of the molecule is CCNC(=NCCS(N)(=O)=O)NC1CCN(c2ccc(Br)cc2)C1. The predicted octanol–water partition coefficient (Wildman–Crippen LogP) is 0.871. The highest BCUT2D eigenvalue weighted by Gasteiger charge is 2.23. The number of nitrogens with two attached hydrogens (primary N) is 1. The van der Waals surface area contributed by atoms with E-state index in [1.807, 2.05) is 19.1 Å². The van der Waals surface area contributed by atoms with Gasteiger partial charge >= 0.3 is 0 Å². The number of halogens is 1. The van der Waals surface area contributed by atoms with E-state index >= 15 is 0 Å². The molecular formula is C15H24BrN5O2S. The van der Waals surface area contributed by atoms with Gasteiger partial charge in [0.2, 0.25) is 10.0 Å². The highest BCUT2D eigenvalue weighted by atomic mass is 79.9. The lowest BCUT2D eigenvalue weighted by molar-refractivity contribution is 0.597. The molecule has 4 N–H and O–H groups in total. The van der Waals surface area contributed by atoms with Crippen LogP contribution in [0.2, 0.25) is 0 Å². The van der Waals surface area contributed by atoms with E-state index in [0.29, 0.717) is 12.5 Å². The standard InChI is InChI=1S/C15H24BrN5O2S/c1-2-18-15(19-8-10-24(17,22)23)20-13-7-9-21(11-13)14-5-3-12(16)4-6-14/h3-6,13H,2,7-11H2,1H3,(H2,17,22,23)(H2,18,19,20). The van der Waals surface area contributed by atoms with Crippen LogP contribution in [0.15, 0.2) is 33.7 Å². The third kappa shape index (κ3) is 6.29. The Hall–Kier alpha value is -1.32. The van der Waals surface area contributed by atoms with Crippen molar-refractivity contribution >= 4 is 37.6 Å². The third-order valence-electron chi connectivity index (χ3n) is 3.71. The molecule has 1 atom stereocenters. The molecule has 0 radical (unpaired) electrons. The van der Waals surface area contributed by atoms with Crippen LogP contribution < -0.4 is 20.7 Å². The van der Waals surface area contributed by atoms with Crippen LogP contribution in [-0.4, -0.2) is 52.4 Å². The lowest BCUT2D eigenvalue weighted by Crippen LogP contribution is -2.44. The van der Waals surface area contributed by atoms with Crippen LogP contribution in [0.4, 0.5) is 5.69 Å². The Morgan fingerprint density at radius 3 is 2.75 bits per heavy atom. The molecule has 1 aliphatic heterocycles. The molecule has 1 heterocycles. The summed E-state index contributed by atoms with van der Waals surface area (Å²) in [6, 6.07) is 8.53. The molecule has 0 aliphatic carbocycles. The van der Waals surface area contributed by atoms with E-state index in [1.165, 1.54) is 5.69 Å². The monoisotopic (exact) mass is 417 g/mol. The van der Waals surface area contributed by atoms with Gasteiger partial charge in [-0.2, -0.15) is 0 Å². The van der Waals surface area contributed by atoms with Crippen molar-refractivity contribution in [2.45, 2.75) is 19.4 Å². The van der Waals surface area contributed by atoms with Crippen molar-refractivity contribution in [2.24, 2.45) is 10.1 Å². The van der Waals surface area contributed by atoms with Crippen LogP contribution in [0.25, 0.3) is 0 Å². The maximum Gasteiger partial charge on any atom is 0.210 e. The minimum absolute atomic E-state index is 0.150. The largest absolute Gasteiger partial charge is 0.369 e. The second-order valence-corrected chi connectivity index (χ2v) is 8.33. The molecule has 24 heavy (non-hydrogen) atoms. The molecule has 2 rings (SSSR count). The summed E-state index contributed by atoms with van der Waals surface area (Å²) in [4.78, 5) is 6.60. The summed E-state index contributed by atoms with van der Waals surface area (Å²) in [7, 11) is -3.49. The normalized spacial score (nSPS) is 18.7. The number of guanidine groups is 1. The van der Waals surface area contributed by atoms with Gasteiger partial charge in [0.05, 0.1) is 12.3 Å². The van der Waals surface area contributed by atoms with Crippen LogP contribution in [0.1, 0.15) is 13.3 Å². The molecule has 9 heteroatoms. The average Bonchev–Trinajstić information content (AvgIpc) is 2.95. The van der Waals surface area contributed by atoms with Crippen molar-refractivity contribution in [3.05, 3.63) is 28.7 Å². The van der Waals surface area contributed by atoms with Gasteiger partial charge in [0.1, 0.15) is 0 Å². The molecule has 0 saturated carbocycles. The van der Waals surface area contributed by atoms with Crippen molar-refractivity contribution in [3.8, 4) is 0 Å². The van der Waals surface area contributed by atoms with Gasteiger partial charge in [-0.05, 0) is 37.6 Å². The van der Waals surface area contributed by atoms with Gasteiger partial charge < -0.3 is 15.5 Å². The maximum absolute atomic E-state index is 11.0. The molecule has 1 aliphatic rings. The Labute approximate surface area is 151 Å². The first-order valence-corrected chi connectivity index (χ1v) is 10.4. The molecule has 0 spiro atoms. The summed E-state index contributed by atoms with van der Waals surface area (Å²) in [6.45, 7) is 4.68. The molecule has 0 amide bonds. The smallest absolute Gasteiger partial charge is 0.210 e. The molecule has 1 unspecified atom stereocenters. The van der Waals surface area contributed by atoms with Crippen molar-refractivity contribution in [3.63, 3.8) is 0 Å². The van der Waals surface area contributed by atoms with E-state index in [0.717, 1.165) is 24.0 Å².